The predicted octanol–water partition coefficient (Wildman–Crippen LogP) is 1.95. The van der Waals surface area contributed by atoms with E-state index in [9.17, 15) is 9.59 Å². The molecule has 134 valence electrons. The summed E-state index contributed by atoms with van der Waals surface area (Å²) in [5.74, 6) is -0.148. The Labute approximate surface area is 149 Å². The summed E-state index contributed by atoms with van der Waals surface area (Å²) in [5, 5.41) is 0. The summed E-state index contributed by atoms with van der Waals surface area (Å²) in [6.07, 6.45) is 7.27. The van der Waals surface area contributed by atoms with Gasteiger partial charge in [-0.25, -0.2) is 0 Å². The van der Waals surface area contributed by atoms with Crippen LogP contribution in [-0.2, 0) is 9.59 Å². The number of primary amides is 1. The maximum absolute atomic E-state index is 12.4. The van der Waals surface area contributed by atoms with E-state index in [1.54, 1.807) is 6.08 Å². The molecule has 2 heterocycles. The van der Waals surface area contributed by atoms with Crippen molar-refractivity contribution >= 4 is 17.9 Å². The van der Waals surface area contributed by atoms with Crippen molar-refractivity contribution in [3.63, 3.8) is 0 Å². The molecular weight excluding hydrogens is 314 g/mol. The number of nitrogens with two attached hydrogens (primary N) is 1. The number of benzene rings is 1. The molecule has 0 aliphatic carbocycles. The average molecular weight is 341 g/mol. The number of rotatable bonds is 4. The third-order valence-corrected chi connectivity index (χ3v) is 5.33. The zero-order valence-electron chi connectivity index (χ0n) is 14.9. The summed E-state index contributed by atoms with van der Waals surface area (Å²) in [4.78, 5) is 28.1. The predicted molar refractivity (Wildman–Crippen MR) is 98.7 cm³/mol. The van der Waals surface area contributed by atoms with E-state index < -0.39 is 0 Å². The van der Waals surface area contributed by atoms with Crippen molar-refractivity contribution in [2.45, 2.75) is 44.7 Å². The summed E-state index contributed by atoms with van der Waals surface area (Å²) in [5.41, 5.74) is 7.75. The lowest BCUT2D eigenvalue weighted by Crippen LogP contribution is -2.51. The lowest BCUT2D eigenvalue weighted by atomic mass is 10.0. The van der Waals surface area contributed by atoms with Gasteiger partial charge in [-0.15, -0.1) is 0 Å². The maximum Gasteiger partial charge on any atom is 0.246 e. The smallest absolute Gasteiger partial charge is 0.246 e. The molecule has 1 aromatic carbocycles. The van der Waals surface area contributed by atoms with Crippen LogP contribution in [0.5, 0.6) is 0 Å². The second-order valence-electron chi connectivity index (χ2n) is 7.10. The number of carbonyl (C=O) groups is 2. The molecule has 2 fully saturated rings. The monoisotopic (exact) mass is 341 g/mol. The number of hydrogen-bond donors (Lipinski definition) is 1. The van der Waals surface area contributed by atoms with Crippen molar-refractivity contribution in [3.8, 4) is 0 Å². The van der Waals surface area contributed by atoms with Crippen LogP contribution in [0, 0.1) is 6.92 Å². The van der Waals surface area contributed by atoms with Crippen molar-refractivity contribution in [2.75, 3.05) is 19.6 Å². The molecule has 2 aliphatic heterocycles. The SMILES string of the molecule is Cc1cccc(/C=C/C(=O)N2CCC(N3CCCC3C(N)=O)CC2)c1. The molecule has 2 aliphatic rings. The first-order chi connectivity index (χ1) is 12.0. The highest BCUT2D eigenvalue weighted by Crippen LogP contribution is 2.26. The molecule has 5 heteroatoms. The second-order valence-corrected chi connectivity index (χ2v) is 7.10. The third kappa shape index (κ3) is 4.28. The van der Waals surface area contributed by atoms with Gasteiger partial charge in [0.25, 0.3) is 0 Å². The Morgan fingerprint density at radius 2 is 1.92 bits per heavy atom. The van der Waals surface area contributed by atoms with Crippen LogP contribution in [0.1, 0.15) is 36.8 Å². The highest BCUT2D eigenvalue weighted by atomic mass is 16.2. The van der Waals surface area contributed by atoms with E-state index in [0.717, 1.165) is 50.9 Å². The topological polar surface area (TPSA) is 66.6 Å². The second kappa shape index (κ2) is 7.83. The molecule has 2 amide bonds. The van der Waals surface area contributed by atoms with E-state index in [4.69, 9.17) is 5.73 Å². The third-order valence-electron chi connectivity index (χ3n) is 5.33. The molecule has 0 saturated carbocycles. The van der Waals surface area contributed by atoms with E-state index in [1.165, 1.54) is 5.56 Å². The van der Waals surface area contributed by atoms with Crippen molar-refractivity contribution in [3.05, 3.63) is 41.5 Å². The highest BCUT2D eigenvalue weighted by molar-refractivity contribution is 5.91. The van der Waals surface area contributed by atoms with E-state index in [0.29, 0.717) is 6.04 Å². The number of nitrogens with zero attached hydrogens (tertiary/aromatic N) is 2. The number of aryl methyl sites for hydroxylation is 1. The molecule has 3 rings (SSSR count). The van der Waals surface area contributed by atoms with E-state index in [1.807, 2.05) is 36.1 Å². The van der Waals surface area contributed by atoms with Gasteiger partial charge in [-0.1, -0.05) is 29.8 Å². The van der Waals surface area contributed by atoms with Gasteiger partial charge in [0.05, 0.1) is 6.04 Å². The Balaban J connectivity index is 1.53. The summed E-state index contributed by atoms with van der Waals surface area (Å²) in [7, 11) is 0. The van der Waals surface area contributed by atoms with Gasteiger partial charge in [0.1, 0.15) is 0 Å². The van der Waals surface area contributed by atoms with Gasteiger partial charge < -0.3 is 10.6 Å². The van der Waals surface area contributed by atoms with Gasteiger partial charge in [-0.3, -0.25) is 14.5 Å². The van der Waals surface area contributed by atoms with Crippen molar-refractivity contribution < 1.29 is 9.59 Å². The fourth-order valence-electron chi connectivity index (χ4n) is 4.00. The minimum absolute atomic E-state index is 0.0628. The number of hydrogen-bond acceptors (Lipinski definition) is 3. The van der Waals surface area contributed by atoms with Gasteiger partial charge in [-0.2, -0.15) is 0 Å². The minimum atomic E-state index is -0.211. The van der Waals surface area contributed by atoms with Crippen LogP contribution >= 0.6 is 0 Å². The molecule has 25 heavy (non-hydrogen) atoms. The van der Waals surface area contributed by atoms with Gasteiger partial charge in [0, 0.05) is 25.2 Å². The maximum atomic E-state index is 12.4. The number of likely N-dealkylation sites (tertiary alicyclic amines) is 2. The van der Waals surface area contributed by atoms with Crippen LogP contribution in [0.3, 0.4) is 0 Å². The summed E-state index contributed by atoms with van der Waals surface area (Å²) in [6, 6.07) is 8.35. The zero-order valence-corrected chi connectivity index (χ0v) is 14.9. The normalized spacial score (nSPS) is 22.6. The van der Waals surface area contributed by atoms with Crippen molar-refractivity contribution in [1.82, 2.24) is 9.80 Å². The van der Waals surface area contributed by atoms with E-state index >= 15 is 0 Å². The summed E-state index contributed by atoms with van der Waals surface area (Å²) >= 11 is 0. The molecule has 2 saturated heterocycles. The van der Waals surface area contributed by atoms with E-state index in [2.05, 4.69) is 11.0 Å². The number of amides is 2. The Kier molecular flexibility index (Phi) is 5.53. The van der Waals surface area contributed by atoms with Gasteiger partial charge >= 0.3 is 0 Å². The molecule has 0 bridgehead atoms. The lowest BCUT2D eigenvalue weighted by Gasteiger charge is -2.38. The Hall–Kier alpha value is -2.14. The molecule has 2 N–H and O–H groups in total. The summed E-state index contributed by atoms with van der Waals surface area (Å²) in [6.45, 7) is 4.47. The molecule has 1 atom stereocenters. The molecule has 1 unspecified atom stereocenters. The largest absolute Gasteiger partial charge is 0.368 e. The molecular formula is C20H27N3O2. The van der Waals surface area contributed by atoms with Crippen LogP contribution in [-0.4, -0.2) is 53.3 Å². The van der Waals surface area contributed by atoms with Crippen LogP contribution in [0.15, 0.2) is 30.3 Å². The minimum Gasteiger partial charge on any atom is -0.368 e. The molecule has 0 aromatic heterocycles. The first kappa shape index (κ1) is 17.7. The molecule has 0 radical (unpaired) electrons. The fourth-order valence-corrected chi connectivity index (χ4v) is 4.00. The van der Waals surface area contributed by atoms with Crippen LogP contribution in [0.4, 0.5) is 0 Å². The van der Waals surface area contributed by atoms with Gasteiger partial charge in [-0.05, 0) is 50.8 Å². The first-order valence-electron chi connectivity index (χ1n) is 9.13. The molecule has 5 nitrogen and oxygen atoms in total. The van der Waals surface area contributed by atoms with Gasteiger partial charge in [0.2, 0.25) is 11.8 Å². The zero-order chi connectivity index (χ0) is 17.8. The standard InChI is InChI=1S/C20H27N3O2/c1-15-4-2-5-16(14-15)7-8-19(24)22-12-9-17(10-13-22)23-11-3-6-18(23)20(21)25/h2,4-5,7-8,14,17-18H,3,6,9-13H2,1H3,(H2,21,25)/b8-7+. The van der Waals surface area contributed by atoms with Crippen molar-refractivity contribution in [1.29, 1.82) is 0 Å². The Morgan fingerprint density at radius 3 is 2.60 bits per heavy atom. The average Bonchev–Trinajstić information content (AvgIpc) is 3.10. The Morgan fingerprint density at radius 1 is 1.16 bits per heavy atom. The quantitative estimate of drug-likeness (QED) is 0.851. The molecule has 0 spiro atoms. The molecule has 1 aromatic rings. The fraction of sp³-hybridized carbons (Fsp3) is 0.500. The van der Waals surface area contributed by atoms with Crippen LogP contribution in [0.2, 0.25) is 0 Å². The number of piperidine rings is 1. The van der Waals surface area contributed by atoms with Crippen molar-refractivity contribution in [2.24, 2.45) is 5.73 Å². The van der Waals surface area contributed by atoms with E-state index in [-0.39, 0.29) is 17.9 Å². The van der Waals surface area contributed by atoms with Crippen LogP contribution < -0.4 is 5.73 Å². The summed E-state index contributed by atoms with van der Waals surface area (Å²) < 4.78 is 0. The number of carbonyl (C=O) groups excluding carboxylic acids is 2. The Bertz CT molecular complexity index is 663. The highest BCUT2D eigenvalue weighted by Gasteiger charge is 2.35. The lowest BCUT2D eigenvalue weighted by molar-refractivity contribution is -0.129. The first-order valence-corrected chi connectivity index (χ1v) is 9.13. The van der Waals surface area contributed by atoms with Crippen LogP contribution in [0.25, 0.3) is 6.08 Å². The van der Waals surface area contributed by atoms with Gasteiger partial charge in [0.15, 0.2) is 0 Å².